The van der Waals surface area contributed by atoms with E-state index in [-0.39, 0.29) is 5.41 Å². The van der Waals surface area contributed by atoms with Gasteiger partial charge in [-0.25, -0.2) is 9.50 Å². The summed E-state index contributed by atoms with van der Waals surface area (Å²) in [6.45, 7) is 9.99. The van der Waals surface area contributed by atoms with Gasteiger partial charge in [-0.05, 0) is 26.2 Å². The van der Waals surface area contributed by atoms with E-state index in [0.717, 1.165) is 22.3 Å². The lowest BCUT2D eigenvalue weighted by Gasteiger charge is -2.32. The van der Waals surface area contributed by atoms with Crippen LogP contribution in [0.2, 0.25) is 0 Å². The summed E-state index contributed by atoms with van der Waals surface area (Å²) in [4.78, 5) is 8.16. The van der Waals surface area contributed by atoms with Gasteiger partial charge in [0.05, 0.1) is 11.9 Å². The van der Waals surface area contributed by atoms with Gasteiger partial charge in [-0.1, -0.05) is 32.1 Å². The number of fused-ring (bicyclic) bond motifs is 1. The fourth-order valence-corrected chi connectivity index (χ4v) is 3.56. The maximum Gasteiger partial charge on any atom is 0.214 e. The molecule has 0 aromatic carbocycles. The summed E-state index contributed by atoms with van der Waals surface area (Å²) in [5.41, 5.74) is 1.20. The van der Waals surface area contributed by atoms with Crippen LogP contribution in [0.5, 0.6) is 0 Å². The van der Waals surface area contributed by atoms with Crippen LogP contribution < -0.4 is 4.90 Å². The second kappa shape index (κ2) is 4.47. The second-order valence-electron chi connectivity index (χ2n) is 6.53. The Morgan fingerprint density at radius 1 is 1.32 bits per heavy atom. The van der Waals surface area contributed by atoms with Gasteiger partial charge in [-0.2, -0.15) is 0 Å². The Kier molecular flexibility index (Phi) is 3.04. The van der Waals surface area contributed by atoms with Crippen LogP contribution in [0.25, 0.3) is 4.96 Å². The van der Waals surface area contributed by atoms with Crippen LogP contribution in [-0.4, -0.2) is 27.2 Å². The standard InChI is InChI=1S/C14H22N4S/c1-10-7-5-6-8-17(10)13-16-18-9-11(14(2,3)4)15-12(18)19-13/h9-10H,5-8H2,1-4H3/t10-/m1/s1. The fraction of sp³-hybridized carbons (Fsp3) is 0.714. The van der Waals surface area contributed by atoms with Gasteiger partial charge in [-0.3, -0.25) is 0 Å². The number of hydrogen-bond donors (Lipinski definition) is 0. The summed E-state index contributed by atoms with van der Waals surface area (Å²) >= 11 is 1.71. The van der Waals surface area contributed by atoms with E-state index < -0.39 is 0 Å². The maximum absolute atomic E-state index is 4.72. The van der Waals surface area contributed by atoms with E-state index in [1.54, 1.807) is 11.3 Å². The number of piperidine rings is 1. The second-order valence-corrected chi connectivity index (χ2v) is 7.46. The van der Waals surface area contributed by atoms with Crippen LogP contribution in [0.15, 0.2) is 6.20 Å². The molecule has 0 N–H and O–H groups in total. The third-order valence-corrected chi connectivity index (χ3v) is 4.81. The van der Waals surface area contributed by atoms with Crippen molar-refractivity contribution in [2.75, 3.05) is 11.4 Å². The van der Waals surface area contributed by atoms with Gasteiger partial charge in [-0.15, -0.1) is 5.10 Å². The van der Waals surface area contributed by atoms with Crippen LogP contribution in [0.1, 0.15) is 52.7 Å². The van der Waals surface area contributed by atoms with Gasteiger partial charge in [0, 0.05) is 18.0 Å². The Morgan fingerprint density at radius 2 is 2.11 bits per heavy atom. The Labute approximate surface area is 118 Å². The van der Waals surface area contributed by atoms with Crippen molar-refractivity contribution in [3.63, 3.8) is 0 Å². The Bertz CT molecular complexity index is 546. The molecule has 2 aromatic rings. The first kappa shape index (κ1) is 12.9. The first-order valence-corrected chi connectivity index (χ1v) is 7.90. The number of imidazole rings is 1. The van der Waals surface area contributed by atoms with E-state index in [4.69, 9.17) is 10.1 Å². The molecule has 0 radical (unpaired) electrons. The maximum atomic E-state index is 4.72. The molecule has 1 saturated heterocycles. The monoisotopic (exact) mass is 278 g/mol. The topological polar surface area (TPSA) is 33.4 Å². The number of anilines is 1. The zero-order chi connectivity index (χ0) is 13.6. The summed E-state index contributed by atoms with van der Waals surface area (Å²) in [6, 6.07) is 0.603. The zero-order valence-corrected chi connectivity index (χ0v) is 13.0. The van der Waals surface area contributed by atoms with Crippen LogP contribution >= 0.6 is 11.3 Å². The van der Waals surface area contributed by atoms with Crippen molar-refractivity contribution in [3.8, 4) is 0 Å². The van der Waals surface area contributed by atoms with E-state index in [1.807, 2.05) is 4.52 Å². The molecular formula is C14H22N4S. The van der Waals surface area contributed by atoms with Crippen molar-refractivity contribution in [1.29, 1.82) is 0 Å². The molecule has 1 aliphatic rings. The Morgan fingerprint density at radius 3 is 2.74 bits per heavy atom. The van der Waals surface area contributed by atoms with Crippen LogP contribution in [0.3, 0.4) is 0 Å². The lowest BCUT2D eigenvalue weighted by molar-refractivity contribution is 0.482. The van der Waals surface area contributed by atoms with Gasteiger partial charge >= 0.3 is 0 Å². The molecular weight excluding hydrogens is 256 g/mol. The lowest BCUT2D eigenvalue weighted by Crippen LogP contribution is -2.37. The van der Waals surface area contributed by atoms with E-state index in [0.29, 0.717) is 6.04 Å². The molecule has 0 saturated carbocycles. The number of rotatable bonds is 1. The van der Waals surface area contributed by atoms with Crippen LogP contribution in [0.4, 0.5) is 5.13 Å². The van der Waals surface area contributed by atoms with Crippen molar-refractivity contribution < 1.29 is 0 Å². The van der Waals surface area contributed by atoms with Crippen LogP contribution in [0, 0.1) is 0 Å². The summed E-state index contributed by atoms with van der Waals surface area (Å²) in [7, 11) is 0. The molecule has 0 aliphatic carbocycles. The molecule has 3 heterocycles. The van der Waals surface area contributed by atoms with Crippen LogP contribution in [-0.2, 0) is 5.41 Å². The van der Waals surface area contributed by atoms with Crippen molar-refractivity contribution in [2.45, 2.75) is 58.4 Å². The summed E-state index contributed by atoms with van der Waals surface area (Å²) < 4.78 is 1.95. The van der Waals surface area contributed by atoms with Gasteiger partial charge in [0.15, 0.2) is 0 Å². The smallest absolute Gasteiger partial charge is 0.214 e. The Balaban J connectivity index is 1.92. The highest BCUT2D eigenvalue weighted by Crippen LogP contribution is 2.30. The molecule has 1 aliphatic heterocycles. The minimum absolute atomic E-state index is 0.0893. The van der Waals surface area contributed by atoms with Gasteiger partial charge in [0.2, 0.25) is 10.1 Å². The third kappa shape index (κ3) is 2.36. The minimum Gasteiger partial charge on any atom is -0.344 e. The highest BCUT2D eigenvalue weighted by atomic mass is 32.1. The molecule has 0 spiro atoms. The molecule has 5 heteroatoms. The normalized spacial score (nSPS) is 21.3. The number of nitrogens with zero attached hydrogens (tertiary/aromatic N) is 4. The summed E-state index contributed by atoms with van der Waals surface area (Å²) in [5.74, 6) is 0. The highest BCUT2D eigenvalue weighted by Gasteiger charge is 2.24. The molecule has 3 rings (SSSR count). The molecule has 0 unspecified atom stereocenters. The largest absolute Gasteiger partial charge is 0.344 e. The predicted molar refractivity (Wildman–Crippen MR) is 80.2 cm³/mol. The summed E-state index contributed by atoms with van der Waals surface area (Å²) in [5, 5.41) is 5.84. The molecule has 104 valence electrons. The molecule has 4 nitrogen and oxygen atoms in total. The summed E-state index contributed by atoms with van der Waals surface area (Å²) in [6.07, 6.45) is 5.97. The zero-order valence-electron chi connectivity index (χ0n) is 12.2. The van der Waals surface area contributed by atoms with Crippen molar-refractivity contribution >= 4 is 21.4 Å². The van der Waals surface area contributed by atoms with Gasteiger partial charge < -0.3 is 4.90 Å². The van der Waals surface area contributed by atoms with Crippen molar-refractivity contribution in [1.82, 2.24) is 14.6 Å². The van der Waals surface area contributed by atoms with Gasteiger partial charge in [0.25, 0.3) is 0 Å². The molecule has 1 fully saturated rings. The van der Waals surface area contributed by atoms with E-state index in [1.165, 1.54) is 19.3 Å². The lowest BCUT2D eigenvalue weighted by atomic mass is 9.93. The van der Waals surface area contributed by atoms with E-state index in [2.05, 4.69) is 38.8 Å². The van der Waals surface area contributed by atoms with Crippen molar-refractivity contribution in [3.05, 3.63) is 11.9 Å². The van der Waals surface area contributed by atoms with E-state index >= 15 is 0 Å². The molecule has 2 aromatic heterocycles. The highest BCUT2D eigenvalue weighted by molar-refractivity contribution is 7.20. The van der Waals surface area contributed by atoms with Crippen molar-refractivity contribution in [2.24, 2.45) is 0 Å². The van der Waals surface area contributed by atoms with Gasteiger partial charge in [0.1, 0.15) is 0 Å². The average molecular weight is 278 g/mol. The first-order valence-electron chi connectivity index (χ1n) is 7.08. The molecule has 19 heavy (non-hydrogen) atoms. The fourth-order valence-electron chi connectivity index (χ4n) is 2.55. The molecule has 0 amide bonds. The quantitative estimate of drug-likeness (QED) is 0.801. The first-order chi connectivity index (χ1) is 8.95. The van der Waals surface area contributed by atoms with E-state index in [9.17, 15) is 0 Å². The number of aromatic nitrogens is 3. The third-order valence-electron chi connectivity index (χ3n) is 3.85. The average Bonchev–Trinajstić information content (AvgIpc) is 2.86. The number of hydrogen-bond acceptors (Lipinski definition) is 4. The Hall–Kier alpha value is -1.10. The molecule has 1 atom stereocenters. The minimum atomic E-state index is 0.0893. The predicted octanol–water partition coefficient (Wildman–Crippen LogP) is 3.47. The SMILES string of the molecule is C[C@@H]1CCCCN1c1nn2cc(C(C)(C)C)nc2s1. The molecule has 0 bridgehead atoms.